The first-order valence-electron chi connectivity index (χ1n) is 11.3. The van der Waals surface area contributed by atoms with E-state index in [0.717, 1.165) is 48.8 Å². The van der Waals surface area contributed by atoms with E-state index in [9.17, 15) is 4.79 Å². The molecule has 0 spiro atoms. The summed E-state index contributed by atoms with van der Waals surface area (Å²) < 4.78 is 1.86. The van der Waals surface area contributed by atoms with Crippen LogP contribution < -0.4 is 15.5 Å². The summed E-state index contributed by atoms with van der Waals surface area (Å²) in [4.78, 5) is 19.1. The molecular formula is C22H30N8O. The van der Waals surface area contributed by atoms with E-state index in [-0.39, 0.29) is 11.9 Å². The van der Waals surface area contributed by atoms with Crippen molar-refractivity contribution in [3.05, 3.63) is 30.1 Å². The molecule has 1 aliphatic heterocycles. The molecule has 9 nitrogen and oxygen atoms in total. The average molecular weight is 423 g/mol. The normalized spacial score (nSPS) is 17.5. The second kappa shape index (κ2) is 8.20. The van der Waals surface area contributed by atoms with E-state index in [0.29, 0.717) is 24.2 Å². The lowest BCUT2D eigenvalue weighted by Gasteiger charge is -2.32. The molecular weight excluding hydrogens is 392 g/mol. The fourth-order valence-electron chi connectivity index (χ4n) is 4.15. The van der Waals surface area contributed by atoms with Gasteiger partial charge in [-0.25, -0.2) is 4.52 Å². The number of nitrogens with zero attached hydrogens (tertiary/aromatic N) is 5. The Morgan fingerprint density at radius 2 is 2.06 bits per heavy atom. The molecule has 4 heterocycles. The van der Waals surface area contributed by atoms with Crippen LogP contribution in [0.15, 0.2) is 24.4 Å². The molecule has 2 fully saturated rings. The summed E-state index contributed by atoms with van der Waals surface area (Å²) >= 11 is 0. The minimum absolute atomic E-state index is 0.148. The molecule has 0 unspecified atom stereocenters. The van der Waals surface area contributed by atoms with Crippen molar-refractivity contribution in [1.82, 2.24) is 30.1 Å². The number of amides is 1. The Morgan fingerprint density at radius 1 is 1.26 bits per heavy atom. The highest BCUT2D eigenvalue weighted by Gasteiger charge is 2.27. The van der Waals surface area contributed by atoms with E-state index in [1.807, 2.05) is 22.8 Å². The molecule has 1 saturated carbocycles. The van der Waals surface area contributed by atoms with Gasteiger partial charge < -0.3 is 15.5 Å². The first kappa shape index (κ1) is 19.8. The summed E-state index contributed by atoms with van der Waals surface area (Å²) in [6.07, 6.45) is 6.75. The van der Waals surface area contributed by atoms with Gasteiger partial charge in [-0.3, -0.25) is 9.89 Å². The molecule has 0 bridgehead atoms. The molecule has 9 heteroatoms. The number of carbonyl (C=O) groups is 1. The number of fused-ring (bicyclic) bond motifs is 1. The van der Waals surface area contributed by atoms with Crippen LogP contribution in [0.25, 0.3) is 5.52 Å². The van der Waals surface area contributed by atoms with Gasteiger partial charge in [0.1, 0.15) is 11.3 Å². The molecule has 164 valence electrons. The summed E-state index contributed by atoms with van der Waals surface area (Å²) in [5, 5.41) is 18.8. The highest BCUT2D eigenvalue weighted by atomic mass is 16.1. The van der Waals surface area contributed by atoms with Gasteiger partial charge in [0.25, 0.3) is 0 Å². The van der Waals surface area contributed by atoms with E-state index < -0.39 is 0 Å². The number of aromatic nitrogens is 5. The van der Waals surface area contributed by atoms with Gasteiger partial charge in [-0.15, -0.1) is 5.10 Å². The Balaban J connectivity index is 1.28. The quantitative estimate of drug-likeness (QED) is 0.540. The van der Waals surface area contributed by atoms with E-state index in [2.05, 4.69) is 45.6 Å². The number of anilines is 3. The van der Waals surface area contributed by atoms with Gasteiger partial charge in [0.2, 0.25) is 11.9 Å². The smallest absolute Gasteiger partial charge is 0.245 e. The van der Waals surface area contributed by atoms with Gasteiger partial charge in [-0.2, -0.15) is 10.1 Å². The van der Waals surface area contributed by atoms with Gasteiger partial charge in [0.15, 0.2) is 5.82 Å². The summed E-state index contributed by atoms with van der Waals surface area (Å²) in [5.41, 5.74) is 2.03. The minimum atomic E-state index is 0.148. The van der Waals surface area contributed by atoms with Crippen molar-refractivity contribution < 1.29 is 4.79 Å². The van der Waals surface area contributed by atoms with Gasteiger partial charge in [-0.05, 0) is 43.7 Å². The van der Waals surface area contributed by atoms with E-state index in [1.165, 1.54) is 12.8 Å². The topological polar surface area (TPSA) is 103 Å². The predicted octanol–water partition coefficient (Wildman–Crippen LogP) is 3.20. The maximum Gasteiger partial charge on any atom is 0.245 e. The van der Waals surface area contributed by atoms with Crippen LogP contribution in [-0.2, 0) is 4.79 Å². The molecule has 0 radical (unpaired) electrons. The van der Waals surface area contributed by atoms with Crippen LogP contribution in [0.1, 0.15) is 57.6 Å². The zero-order valence-electron chi connectivity index (χ0n) is 18.1. The SMILES string of the molecule is CC(C)CC(=O)NC1CCN(c2nc(Nc3cc(C4CC4)n[nH]3)c3cccn3n2)CC1. The summed E-state index contributed by atoms with van der Waals surface area (Å²) in [6.45, 7) is 5.76. The summed E-state index contributed by atoms with van der Waals surface area (Å²) in [5.74, 6) is 3.43. The largest absolute Gasteiger partial charge is 0.353 e. The zero-order chi connectivity index (χ0) is 21.4. The zero-order valence-corrected chi connectivity index (χ0v) is 18.1. The Kier molecular flexibility index (Phi) is 5.25. The van der Waals surface area contributed by atoms with E-state index >= 15 is 0 Å². The highest BCUT2D eigenvalue weighted by molar-refractivity contribution is 5.76. The molecule has 2 aliphatic rings. The molecule has 3 aromatic rings. The number of piperidine rings is 1. The Morgan fingerprint density at radius 3 is 2.81 bits per heavy atom. The van der Waals surface area contributed by atoms with Crippen molar-refractivity contribution in [2.75, 3.05) is 23.3 Å². The molecule has 3 aromatic heterocycles. The minimum Gasteiger partial charge on any atom is -0.353 e. The summed E-state index contributed by atoms with van der Waals surface area (Å²) in [7, 11) is 0. The van der Waals surface area contributed by atoms with Gasteiger partial charge in [-0.1, -0.05) is 13.8 Å². The summed E-state index contributed by atoms with van der Waals surface area (Å²) in [6, 6.07) is 6.27. The van der Waals surface area contributed by atoms with Crippen LogP contribution >= 0.6 is 0 Å². The van der Waals surface area contributed by atoms with E-state index in [4.69, 9.17) is 10.1 Å². The lowest BCUT2D eigenvalue weighted by molar-refractivity contribution is -0.122. The van der Waals surface area contributed by atoms with Crippen molar-refractivity contribution in [2.45, 2.75) is 57.9 Å². The number of hydrogen-bond acceptors (Lipinski definition) is 6. The lowest BCUT2D eigenvalue weighted by atomic mass is 10.0. The maximum atomic E-state index is 12.1. The monoisotopic (exact) mass is 422 g/mol. The standard InChI is InChI=1S/C22H30N8O/c1-14(2)12-20(31)23-16-7-10-29(11-8-16)22-25-21(18-4-3-9-30(18)28-22)24-19-13-17(26-27-19)15-5-6-15/h3-4,9,13-16H,5-8,10-12H2,1-2H3,(H,23,31)(H2,24,25,26,27,28). The third kappa shape index (κ3) is 4.50. The number of rotatable bonds is 7. The average Bonchev–Trinajstić information content (AvgIpc) is 3.28. The fraction of sp³-hybridized carbons (Fsp3) is 0.545. The second-order valence-corrected chi connectivity index (χ2v) is 9.13. The third-order valence-electron chi connectivity index (χ3n) is 5.96. The third-order valence-corrected chi connectivity index (χ3v) is 5.96. The predicted molar refractivity (Wildman–Crippen MR) is 120 cm³/mol. The second-order valence-electron chi connectivity index (χ2n) is 9.13. The molecule has 1 saturated heterocycles. The number of H-pyrrole nitrogens is 1. The van der Waals surface area contributed by atoms with Crippen molar-refractivity contribution in [3.8, 4) is 0 Å². The number of aromatic amines is 1. The Labute approximate surface area is 181 Å². The van der Waals surface area contributed by atoms with Crippen LogP contribution in [0.5, 0.6) is 0 Å². The van der Waals surface area contributed by atoms with Crippen LogP contribution in [0, 0.1) is 5.92 Å². The Bertz CT molecular complexity index is 1060. The molecule has 3 N–H and O–H groups in total. The molecule has 31 heavy (non-hydrogen) atoms. The van der Waals surface area contributed by atoms with Crippen LogP contribution in [0.2, 0.25) is 0 Å². The maximum absolute atomic E-state index is 12.1. The molecule has 5 rings (SSSR count). The van der Waals surface area contributed by atoms with Crippen molar-refractivity contribution in [2.24, 2.45) is 5.92 Å². The van der Waals surface area contributed by atoms with Crippen LogP contribution in [0.3, 0.4) is 0 Å². The highest BCUT2D eigenvalue weighted by Crippen LogP contribution is 2.39. The molecule has 0 atom stereocenters. The first-order valence-corrected chi connectivity index (χ1v) is 11.3. The number of carbonyl (C=O) groups excluding carboxylic acids is 1. The number of hydrogen-bond donors (Lipinski definition) is 3. The van der Waals surface area contributed by atoms with Gasteiger partial charge in [0, 0.05) is 43.7 Å². The lowest BCUT2D eigenvalue weighted by Crippen LogP contribution is -2.45. The molecule has 1 amide bonds. The number of nitrogens with one attached hydrogen (secondary N) is 3. The van der Waals surface area contributed by atoms with E-state index in [1.54, 1.807) is 0 Å². The first-order chi connectivity index (χ1) is 15.0. The van der Waals surface area contributed by atoms with Crippen LogP contribution in [-0.4, -0.2) is 49.8 Å². The Hall–Kier alpha value is -3.10. The van der Waals surface area contributed by atoms with Crippen LogP contribution in [0.4, 0.5) is 17.6 Å². The fourth-order valence-corrected chi connectivity index (χ4v) is 4.15. The van der Waals surface area contributed by atoms with Crippen molar-refractivity contribution in [1.29, 1.82) is 0 Å². The van der Waals surface area contributed by atoms with Gasteiger partial charge in [0.05, 0.1) is 5.69 Å². The molecule has 1 aliphatic carbocycles. The van der Waals surface area contributed by atoms with Crippen molar-refractivity contribution in [3.63, 3.8) is 0 Å². The van der Waals surface area contributed by atoms with Crippen molar-refractivity contribution >= 4 is 29.0 Å². The van der Waals surface area contributed by atoms with Gasteiger partial charge >= 0.3 is 0 Å². The molecule has 0 aromatic carbocycles.